The molecule has 0 aliphatic rings. The second-order valence-corrected chi connectivity index (χ2v) is 3.79. The Kier molecular flexibility index (Phi) is 1.96. The first-order valence-electron chi connectivity index (χ1n) is 3.87. The van der Waals surface area contributed by atoms with Gasteiger partial charge in [-0.05, 0) is 36.6 Å². The van der Waals surface area contributed by atoms with E-state index in [0.717, 1.165) is 9.86 Å². The number of benzene rings is 1. The van der Waals surface area contributed by atoms with Gasteiger partial charge in [-0.25, -0.2) is 4.79 Å². The summed E-state index contributed by atoms with van der Waals surface area (Å²) in [5.74, 6) is 0.635. The van der Waals surface area contributed by atoms with Gasteiger partial charge in [-0.15, -0.1) is 0 Å². The fourth-order valence-electron chi connectivity index (χ4n) is 1.29. The van der Waals surface area contributed by atoms with Crippen LogP contribution in [0, 0.1) is 6.92 Å². The van der Waals surface area contributed by atoms with Crippen molar-refractivity contribution in [2.75, 3.05) is 0 Å². The lowest BCUT2D eigenvalue weighted by Crippen LogP contribution is -1.99. The van der Waals surface area contributed by atoms with Gasteiger partial charge in [0.05, 0.1) is 5.39 Å². The molecule has 0 atom stereocenters. The van der Waals surface area contributed by atoms with Crippen LogP contribution >= 0.6 is 15.9 Å². The Morgan fingerprint density at radius 1 is 1.31 bits per heavy atom. The van der Waals surface area contributed by atoms with Crippen LogP contribution < -0.4 is 5.63 Å². The van der Waals surface area contributed by atoms with Crippen LogP contribution in [0.4, 0.5) is 0 Å². The maximum Gasteiger partial charge on any atom is 0.343 e. The van der Waals surface area contributed by atoms with Crippen LogP contribution in [-0.4, -0.2) is 0 Å². The molecule has 0 amide bonds. The van der Waals surface area contributed by atoms with Crippen molar-refractivity contribution in [3.8, 4) is 0 Å². The number of aryl methyl sites for hydroxylation is 1. The van der Waals surface area contributed by atoms with Crippen LogP contribution in [0.3, 0.4) is 0 Å². The highest BCUT2D eigenvalue weighted by atomic mass is 79.9. The van der Waals surface area contributed by atoms with Crippen LogP contribution in [0.1, 0.15) is 5.76 Å². The minimum absolute atomic E-state index is 0.275. The van der Waals surface area contributed by atoms with Crippen LogP contribution in [0.2, 0.25) is 0 Å². The molecule has 13 heavy (non-hydrogen) atoms. The molecule has 2 rings (SSSR count). The highest BCUT2D eigenvalue weighted by Crippen LogP contribution is 2.17. The van der Waals surface area contributed by atoms with E-state index in [1.165, 1.54) is 0 Å². The van der Waals surface area contributed by atoms with E-state index in [4.69, 9.17) is 4.42 Å². The fourth-order valence-corrected chi connectivity index (χ4v) is 1.67. The predicted molar refractivity (Wildman–Crippen MR) is 54.9 cm³/mol. The van der Waals surface area contributed by atoms with Crippen molar-refractivity contribution in [2.45, 2.75) is 6.92 Å². The van der Waals surface area contributed by atoms with Crippen molar-refractivity contribution >= 4 is 26.7 Å². The lowest BCUT2D eigenvalue weighted by molar-refractivity contribution is 0.488. The third-order valence-electron chi connectivity index (χ3n) is 1.85. The Labute approximate surface area is 83.3 Å². The zero-order chi connectivity index (χ0) is 9.42. The molecule has 0 N–H and O–H groups in total. The second kappa shape index (κ2) is 3.00. The van der Waals surface area contributed by atoms with Gasteiger partial charge in [0.2, 0.25) is 0 Å². The van der Waals surface area contributed by atoms with Gasteiger partial charge in [-0.1, -0.05) is 15.9 Å². The molecule has 2 nitrogen and oxygen atoms in total. The van der Waals surface area contributed by atoms with Gasteiger partial charge < -0.3 is 4.42 Å². The predicted octanol–water partition coefficient (Wildman–Crippen LogP) is 2.86. The summed E-state index contributed by atoms with van der Waals surface area (Å²) in [6.45, 7) is 1.77. The van der Waals surface area contributed by atoms with Gasteiger partial charge in [-0.3, -0.25) is 0 Å². The maximum atomic E-state index is 11.3. The fraction of sp³-hybridized carbons (Fsp3) is 0.100. The van der Waals surface area contributed by atoms with Crippen LogP contribution in [0.5, 0.6) is 0 Å². The van der Waals surface area contributed by atoms with Crippen molar-refractivity contribution in [2.24, 2.45) is 0 Å². The van der Waals surface area contributed by atoms with E-state index in [2.05, 4.69) is 15.9 Å². The molecule has 0 radical (unpaired) electrons. The zero-order valence-electron chi connectivity index (χ0n) is 7.00. The van der Waals surface area contributed by atoms with Gasteiger partial charge >= 0.3 is 5.63 Å². The van der Waals surface area contributed by atoms with Gasteiger partial charge in [-0.2, -0.15) is 0 Å². The average Bonchev–Trinajstić information content (AvgIpc) is 2.02. The lowest BCUT2D eigenvalue weighted by atomic mass is 10.2. The van der Waals surface area contributed by atoms with Crippen molar-refractivity contribution in [3.63, 3.8) is 0 Å². The molecule has 1 aromatic carbocycles. The highest BCUT2D eigenvalue weighted by Gasteiger charge is 2.01. The summed E-state index contributed by atoms with van der Waals surface area (Å²) in [7, 11) is 0. The Morgan fingerprint density at radius 2 is 2.08 bits per heavy atom. The molecule has 0 bridgehead atoms. The van der Waals surface area contributed by atoms with E-state index < -0.39 is 0 Å². The summed E-state index contributed by atoms with van der Waals surface area (Å²) >= 11 is 3.35. The highest BCUT2D eigenvalue weighted by molar-refractivity contribution is 9.10. The lowest BCUT2D eigenvalue weighted by Gasteiger charge is -1.97. The van der Waals surface area contributed by atoms with Gasteiger partial charge in [0.1, 0.15) is 5.76 Å². The van der Waals surface area contributed by atoms with Crippen LogP contribution in [0.25, 0.3) is 10.8 Å². The van der Waals surface area contributed by atoms with Crippen molar-refractivity contribution in [3.05, 3.63) is 44.9 Å². The van der Waals surface area contributed by atoms with Gasteiger partial charge in [0.25, 0.3) is 0 Å². The van der Waals surface area contributed by atoms with Crippen molar-refractivity contribution < 1.29 is 4.42 Å². The third kappa shape index (κ3) is 1.52. The number of hydrogen-bond donors (Lipinski definition) is 0. The first-order valence-corrected chi connectivity index (χ1v) is 4.66. The molecule has 0 spiro atoms. The summed E-state index contributed by atoms with van der Waals surface area (Å²) in [4.78, 5) is 11.3. The molecule has 1 heterocycles. The number of hydrogen-bond acceptors (Lipinski definition) is 2. The molecule has 2 aromatic rings. The minimum Gasteiger partial charge on any atom is -0.428 e. The molecular formula is C10H7BrO2. The van der Waals surface area contributed by atoms with E-state index >= 15 is 0 Å². The first-order chi connectivity index (χ1) is 6.16. The normalized spacial score (nSPS) is 10.6. The molecule has 0 aliphatic carbocycles. The topological polar surface area (TPSA) is 30.2 Å². The van der Waals surface area contributed by atoms with E-state index in [9.17, 15) is 4.79 Å². The SMILES string of the molecule is Cc1cc2cc(Br)ccc2c(=O)o1. The number of rotatable bonds is 0. The Hall–Kier alpha value is -1.09. The largest absolute Gasteiger partial charge is 0.428 e. The molecule has 0 saturated carbocycles. The Bertz CT molecular complexity index is 509. The molecule has 0 saturated heterocycles. The second-order valence-electron chi connectivity index (χ2n) is 2.88. The van der Waals surface area contributed by atoms with Crippen molar-refractivity contribution in [1.29, 1.82) is 0 Å². The number of halogens is 1. The number of fused-ring (bicyclic) bond motifs is 1. The summed E-state index contributed by atoms with van der Waals surface area (Å²) in [6.07, 6.45) is 0. The smallest absolute Gasteiger partial charge is 0.343 e. The molecule has 66 valence electrons. The molecule has 1 aromatic heterocycles. The molecule has 0 unspecified atom stereocenters. The maximum absolute atomic E-state index is 11.3. The van der Waals surface area contributed by atoms with E-state index in [0.29, 0.717) is 11.1 Å². The Balaban J connectivity index is 2.95. The van der Waals surface area contributed by atoms with E-state index in [1.807, 2.05) is 18.2 Å². The molecule has 0 aliphatic heterocycles. The summed E-state index contributed by atoms with van der Waals surface area (Å²) in [5.41, 5.74) is -0.275. The monoisotopic (exact) mass is 238 g/mol. The van der Waals surface area contributed by atoms with E-state index in [1.54, 1.807) is 13.0 Å². The summed E-state index contributed by atoms with van der Waals surface area (Å²) in [6, 6.07) is 7.33. The Morgan fingerprint density at radius 3 is 2.85 bits per heavy atom. The molecular weight excluding hydrogens is 232 g/mol. The molecule has 3 heteroatoms. The summed E-state index contributed by atoms with van der Waals surface area (Å²) in [5, 5.41) is 1.52. The third-order valence-corrected chi connectivity index (χ3v) is 2.34. The van der Waals surface area contributed by atoms with E-state index in [-0.39, 0.29) is 5.63 Å². The summed E-state index contributed by atoms with van der Waals surface area (Å²) < 4.78 is 5.92. The van der Waals surface area contributed by atoms with Crippen LogP contribution in [0.15, 0.2) is 37.9 Å². The van der Waals surface area contributed by atoms with Crippen molar-refractivity contribution in [1.82, 2.24) is 0 Å². The quantitative estimate of drug-likeness (QED) is 0.707. The minimum atomic E-state index is -0.275. The average molecular weight is 239 g/mol. The zero-order valence-corrected chi connectivity index (χ0v) is 8.59. The first kappa shape index (κ1) is 8.51. The van der Waals surface area contributed by atoms with Crippen LogP contribution in [-0.2, 0) is 0 Å². The van der Waals surface area contributed by atoms with Gasteiger partial charge in [0.15, 0.2) is 0 Å². The standard InChI is InChI=1S/C10H7BrO2/c1-6-4-7-5-8(11)2-3-9(7)10(12)13-6/h2-5H,1H3. The van der Waals surface area contributed by atoms with Gasteiger partial charge in [0, 0.05) is 4.47 Å². The molecule has 0 fully saturated rings.